The van der Waals surface area contributed by atoms with E-state index in [1.54, 1.807) is 0 Å². The highest BCUT2D eigenvalue weighted by molar-refractivity contribution is 5.48. The van der Waals surface area contributed by atoms with Gasteiger partial charge in [0.15, 0.2) is 0 Å². The van der Waals surface area contributed by atoms with Crippen LogP contribution in [0.2, 0.25) is 0 Å². The highest BCUT2D eigenvalue weighted by atomic mass is 15.1. The molecule has 0 radical (unpaired) electrons. The Morgan fingerprint density at radius 3 is 2.69 bits per heavy atom. The molecule has 1 atom stereocenters. The Kier molecular flexibility index (Phi) is 3.92. The summed E-state index contributed by atoms with van der Waals surface area (Å²) in [7, 11) is 3.81. The zero-order chi connectivity index (χ0) is 12.2. The molecule has 0 heterocycles. The zero-order valence-electron chi connectivity index (χ0n) is 10.4. The minimum absolute atomic E-state index is 0.515. The van der Waals surface area contributed by atoms with Crippen molar-refractivity contribution in [1.82, 2.24) is 5.32 Å². The average Bonchev–Trinajstić information content (AvgIpc) is 2.29. The molecule has 1 N–H and O–H groups in total. The van der Waals surface area contributed by atoms with Gasteiger partial charge in [-0.2, -0.15) is 5.26 Å². The smallest absolute Gasteiger partial charge is 0.121 e. The first kappa shape index (κ1) is 12.5. The number of aryl methyl sites for hydroxylation is 1. The van der Waals surface area contributed by atoms with Gasteiger partial charge in [0.1, 0.15) is 5.54 Å². The fourth-order valence-corrected chi connectivity index (χ4v) is 1.60. The molecule has 1 unspecified atom stereocenters. The fourth-order valence-electron chi connectivity index (χ4n) is 1.60. The Morgan fingerprint density at radius 2 is 2.19 bits per heavy atom. The molecule has 3 nitrogen and oxygen atoms in total. The molecule has 0 aliphatic rings. The summed E-state index contributed by atoms with van der Waals surface area (Å²) in [6.07, 6.45) is 0. The van der Waals surface area contributed by atoms with Crippen LogP contribution in [-0.2, 0) is 0 Å². The molecule has 16 heavy (non-hydrogen) atoms. The summed E-state index contributed by atoms with van der Waals surface area (Å²) in [5.41, 5.74) is 1.85. The van der Waals surface area contributed by atoms with Crippen molar-refractivity contribution in [3.63, 3.8) is 0 Å². The van der Waals surface area contributed by atoms with E-state index >= 15 is 0 Å². The second kappa shape index (κ2) is 5.00. The molecule has 0 aromatic heterocycles. The first-order valence-corrected chi connectivity index (χ1v) is 5.39. The lowest BCUT2D eigenvalue weighted by Gasteiger charge is -2.29. The lowest BCUT2D eigenvalue weighted by molar-refractivity contribution is 0.492. The Bertz CT molecular complexity index is 394. The van der Waals surface area contributed by atoms with Gasteiger partial charge in [-0.3, -0.25) is 0 Å². The molecule has 0 bridgehead atoms. The molecular weight excluding hydrogens is 198 g/mol. The SMILES string of the molecule is CNC(C)(C#N)CN(C)c1cccc(C)c1. The van der Waals surface area contributed by atoms with Crippen molar-refractivity contribution < 1.29 is 0 Å². The van der Waals surface area contributed by atoms with Gasteiger partial charge in [0, 0.05) is 19.3 Å². The van der Waals surface area contributed by atoms with Crippen molar-refractivity contribution in [2.45, 2.75) is 19.4 Å². The van der Waals surface area contributed by atoms with Crippen LogP contribution in [0.1, 0.15) is 12.5 Å². The summed E-state index contributed by atoms with van der Waals surface area (Å²) in [5, 5.41) is 12.1. The minimum atomic E-state index is -0.515. The van der Waals surface area contributed by atoms with Gasteiger partial charge in [-0.25, -0.2) is 0 Å². The molecule has 0 saturated carbocycles. The highest BCUT2D eigenvalue weighted by Gasteiger charge is 2.23. The Balaban J connectivity index is 2.80. The molecule has 0 saturated heterocycles. The van der Waals surface area contributed by atoms with Crippen LogP contribution in [0.25, 0.3) is 0 Å². The molecule has 0 spiro atoms. The summed E-state index contributed by atoms with van der Waals surface area (Å²) in [6.45, 7) is 4.63. The number of nitrogens with one attached hydrogen (secondary N) is 1. The Labute approximate surface area is 97.7 Å². The number of anilines is 1. The van der Waals surface area contributed by atoms with Crippen LogP contribution < -0.4 is 10.2 Å². The third-order valence-electron chi connectivity index (χ3n) is 2.79. The quantitative estimate of drug-likeness (QED) is 0.837. The molecule has 1 aromatic rings. The lowest BCUT2D eigenvalue weighted by Crippen LogP contribution is -2.47. The molecule has 0 aliphatic carbocycles. The second-order valence-electron chi connectivity index (χ2n) is 4.39. The van der Waals surface area contributed by atoms with E-state index in [9.17, 15) is 0 Å². The Morgan fingerprint density at radius 1 is 1.50 bits per heavy atom. The number of likely N-dealkylation sites (N-methyl/N-ethyl adjacent to an activating group) is 2. The van der Waals surface area contributed by atoms with E-state index in [1.165, 1.54) is 5.56 Å². The number of nitrogens with zero attached hydrogens (tertiary/aromatic N) is 2. The van der Waals surface area contributed by atoms with E-state index in [1.807, 2.05) is 27.1 Å². The summed E-state index contributed by atoms with van der Waals surface area (Å²) >= 11 is 0. The molecule has 0 fully saturated rings. The summed E-state index contributed by atoms with van der Waals surface area (Å²) in [5.74, 6) is 0. The maximum absolute atomic E-state index is 9.10. The molecule has 86 valence electrons. The number of benzene rings is 1. The number of nitriles is 1. The van der Waals surface area contributed by atoms with Gasteiger partial charge in [0.05, 0.1) is 6.07 Å². The van der Waals surface area contributed by atoms with E-state index in [-0.39, 0.29) is 0 Å². The van der Waals surface area contributed by atoms with Crippen LogP contribution in [-0.4, -0.2) is 26.2 Å². The predicted octanol–water partition coefficient (Wildman–Crippen LogP) is 1.93. The molecular formula is C13H19N3. The zero-order valence-corrected chi connectivity index (χ0v) is 10.4. The molecule has 3 heteroatoms. The molecule has 1 rings (SSSR count). The highest BCUT2D eigenvalue weighted by Crippen LogP contribution is 2.16. The van der Waals surface area contributed by atoms with Gasteiger partial charge < -0.3 is 10.2 Å². The van der Waals surface area contributed by atoms with Gasteiger partial charge in [-0.05, 0) is 38.6 Å². The normalized spacial score (nSPS) is 13.9. The van der Waals surface area contributed by atoms with E-state index in [0.717, 1.165) is 5.69 Å². The van der Waals surface area contributed by atoms with Crippen molar-refractivity contribution in [2.75, 3.05) is 25.5 Å². The Hall–Kier alpha value is -1.53. The van der Waals surface area contributed by atoms with Gasteiger partial charge in [0.25, 0.3) is 0 Å². The van der Waals surface area contributed by atoms with Crippen LogP contribution in [0, 0.1) is 18.3 Å². The van der Waals surface area contributed by atoms with E-state index in [0.29, 0.717) is 6.54 Å². The van der Waals surface area contributed by atoms with Crippen molar-refractivity contribution in [3.8, 4) is 6.07 Å². The van der Waals surface area contributed by atoms with Gasteiger partial charge in [-0.1, -0.05) is 12.1 Å². The van der Waals surface area contributed by atoms with Crippen LogP contribution in [0.15, 0.2) is 24.3 Å². The number of rotatable bonds is 4. The first-order chi connectivity index (χ1) is 7.50. The topological polar surface area (TPSA) is 39.1 Å². The molecule has 1 aromatic carbocycles. The predicted molar refractivity (Wildman–Crippen MR) is 67.5 cm³/mol. The van der Waals surface area contributed by atoms with Gasteiger partial charge in [0.2, 0.25) is 0 Å². The summed E-state index contributed by atoms with van der Waals surface area (Å²) in [4.78, 5) is 2.09. The number of hydrogen-bond acceptors (Lipinski definition) is 3. The summed E-state index contributed by atoms with van der Waals surface area (Å²) < 4.78 is 0. The molecule has 0 aliphatic heterocycles. The average molecular weight is 217 g/mol. The van der Waals surface area contributed by atoms with E-state index in [2.05, 4.69) is 41.4 Å². The third-order valence-corrected chi connectivity index (χ3v) is 2.79. The van der Waals surface area contributed by atoms with Gasteiger partial charge in [-0.15, -0.1) is 0 Å². The van der Waals surface area contributed by atoms with Crippen molar-refractivity contribution in [3.05, 3.63) is 29.8 Å². The van der Waals surface area contributed by atoms with E-state index in [4.69, 9.17) is 5.26 Å². The standard InChI is InChI=1S/C13H19N3/c1-11-6-5-7-12(8-11)16(4)10-13(2,9-14)15-3/h5-8,15H,10H2,1-4H3. The van der Waals surface area contributed by atoms with Crippen molar-refractivity contribution in [1.29, 1.82) is 5.26 Å². The second-order valence-corrected chi connectivity index (χ2v) is 4.39. The fraction of sp³-hybridized carbons (Fsp3) is 0.462. The maximum Gasteiger partial charge on any atom is 0.121 e. The van der Waals surface area contributed by atoms with Crippen molar-refractivity contribution >= 4 is 5.69 Å². The lowest BCUT2D eigenvalue weighted by atomic mass is 10.0. The maximum atomic E-state index is 9.10. The largest absolute Gasteiger partial charge is 0.372 e. The molecule has 0 amide bonds. The minimum Gasteiger partial charge on any atom is -0.372 e. The monoisotopic (exact) mass is 217 g/mol. The first-order valence-electron chi connectivity index (χ1n) is 5.39. The van der Waals surface area contributed by atoms with E-state index < -0.39 is 5.54 Å². The van der Waals surface area contributed by atoms with Crippen LogP contribution in [0.5, 0.6) is 0 Å². The van der Waals surface area contributed by atoms with Crippen LogP contribution in [0.4, 0.5) is 5.69 Å². The number of hydrogen-bond donors (Lipinski definition) is 1. The van der Waals surface area contributed by atoms with Gasteiger partial charge >= 0.3 is 0 Å². The third kappa shape index (κ3) is 2.98. The summed E-state index contributed by atoms with van der Waals surface area (Å²) in [6, 6.07) is 10.6. The van der Waals surface area contributed by atoms with Crippen LogP contribution >= 0.6 is 0 Å². The van der Waals surface area contributed by atoms with Crippen LogP contribution in [0.3, 0.4) is 0 Å². The van der Waals surface area contributed by atoms with Crippen molar-refractivity contribution in [2.24, 2.45) is 0 Å².